The van der Waals surface area contributed by atoms with Crippen molar-refractivity contribution < 1.29 is 9.59 Å². The van der Waals surface area contributed by atoms with E-state index < -0.39 is 0 Å². The average molecular weight is 292 g/mol. The maximum atomic E-state index is 12.3. The summed E-state index contributed by atoms with van der Waals surface area (Å²) in [5.74, 6) is 0.553. The molecule has 1 aliphatic heterocycles. The fraction of sp³-hybridized carbons (Fsp3) is 0.667. The van der Waals surface area contributed by atoms with E-state index in [-0.39, 0.29) is 17.9 Å². The van der Waals surface area contributed by atoms with Crippen molar-refractivity contribution in [3.63, 3.8) is 0 Å². The molecule has 2 amide bonds. The van der Waals surface area contributed by atoms with Crippen LogP contribution < -0.4 is 0 Å². The first kappa shape index (κ1) is 15.5. The maximum Gasteiger partial charge on any atom is 0.245 e. The number of aromatic nitrogens is 2. The number of hydrogen-bond acceptors (Lipinski definition) is 3. The lowest BCUT2D eigenvalue weighted by Gasteiger charge is -2.39. The summed E-state index contributed by atoms with van der Waals surface area (Å²) in [6, 6.07) is -0.352. The molecular formula is C15H24N4O2. The summed E-state index contributed by atoms with van der Waals surface area (Å²) >= 11 is 0. The summed E-state index contributed by atoms with van der Waals surface area (Å²) in [5, 5.41) is 6.60. The van der Waals surface area contributed by atoms with Crippen molar-refractivity contribution in [2.45, 2.75) is 39.7 Å². The summed E-state index contributed by atoms with van der Waals surface area (Å²) < 4.78 is 0. The molecule has 1 aliphatic rings. The second-order valence-electron chi connectivity index (χ2n) is 6.05. The van der Waals surface area contributed by atoms with Crippen LogP contribution >= 0.6 is 0 Å². The Labute approximate surface area is 125 Å². The highest BCUT2D eigenvalue weighted by Crippen LogP contribution is 2.15. The molecule has 6 heteroatoms. The zero-order valence-electron chi connectivity index (χ0n) is 13.0. The van der Waals surface area contributed by atoms with Gasteiger partial charge in [-0.1, -0.05) is 13.8 Å². The number of hydrogen-bond donors (Lipinski definition) is 1. The quantitative estimate of drug-likeness (QED) is 0.882. The van der Waals surface area contributed by atoms with E-state index in [2.05, 4.69) is 24.0 Å². The minimum atomic E-state index is -0.352. The van der Waals surface area contributed by atoms with Gasteiger partial charge in [0.05, 0.1) is 6.20 Å². The molecule has 0 aromatic carbocycles. The number of aromatic amines is 1. The van der Waals surface area contributed by atoms with Gasteiger partial charge in [-0.2, -0.15) is 5.10 Å². The van der Waals surface area contributed by atoms with Crippen molar-refractivity contribution in [3.05, 3.63) is 18.0 Å². The van der Waals surface area contributed by atoms with E-state index in [0.29, 0.717) is 31.8 Å². The molecular weight excluding hydrogens is 268 g/mol. The second kappa shape index (κ2) is 6.74. The van der Waals surface area contributed by atoms with Gasteiger partial charge in [-0.3, -0.25) is 14.7 Å². The standard InChI is InChI=1S/C15H24N4O2/c1-11(2)10-18-6-7-19(12(3)15(18)21)14(20)5-4-13-8-16-17-9-13/h8-9,11-12H,4-7,10H2,1-3H3,(H,16,17)/t12-/m1/s1. The zero-order valence-corrected chi connectivity index (χ0v) is 13.0. The molecule has 116 valence electrons. The normalized spacial score (nSPS) is 19.4. The molecule has 2 heterocycles. The number of amides is 2. The summed E-state index contributed by atoms with van der Waals surface area (Å²) in [5.41, 5.74) is 1.01. The van der Waals surface area contributed by atoms with Crippen LogP contribution in [0.2, 0.25) is 0 Å². The lowest BCUT2D eigenvalue weighted by atomic mass is 10.1. The number of carbonyl (C=O) groups is 2. The van der Waals surface area contributed by atoms with Gasteiger partial charge >= 0.3 is 0 Å². The summed E-state index contributed by atoms with van der Waals surface area (Å²) in [6.07, 6.45) is 4.59. The van der Waals surface area contributed by atoms with Gasteiger partial charge in [-0.25, -0.2) is 0 Å². The van der Waals surface area contributed by atoms with Crippen molar-refractivity contribution in [2.75, 3.05) is 19.6 Å². The van der Waals surface area contributed by atoms with E-state index in [1.807, 2.05) is 11.8 Å². The molecule has 0 saturated carbocycles. The van der Waals surface area contributed by atoms with Crippen LogP contribution in [-0.2, 0) is 16.0 Å². The predicted molar refractivity (Wildman–Crippen MR) is 79.5 cm³/mol. The molecule has 0 bridgehead atoms. The van der Waals surface area contributed by atoms with Crippen molar-refractivity contribution in [2.24, 2.45) is 5.92 Å². The minimum absolute atomic E-state index is 0.0428. The van der Waals surface area contributed by atoms with Gasteiger partial charge < -0.3 is 9.80 Å². The molecule has 1 fully saturated rings. The maximum absolute atomic E-state index is 12.3. The van der Waals surface area contributed by atoms with Gasteiger partial charge in [0.1, 0.15) is 6.04 Å². The third-order valence-corrected chi connectivity index (χ3v) is 3.84. The fourth-order valence-electron chi connectivity index (χ4n) is 2.70. The molecule has 1 atom stereocenters. The molecule has 1 saturated heterocycles. The van der Waals surface area contributed by atoms with Gasteiger partial charge in [0, 0.05) is 32.3 Å². The summed E-state index contributed by atoms with van der Waals surface area (Å²) in [4.78, 5) is 28.2. The molecule has 2 rings (SSSR count). The van der Waals surface area contributed by atoms with E-state index >= 15 is 0 Å². The number of rotatable bonds is 5. The highest BCUT2D eigenvalue weighted by molar-refractivity contribution is 5.88. The largest absolute Gasteiger partial charge is 0.339 e. The van der Waals surface area contributed by atoms with Crippen LogP contribution in [0, 0.1) is 5.92 Å². The van der Waals surface area contributed by atoms with Gasteiger partial charge in [-0.15, -0.1) is 0 Å². The van der Waals surface area contributed by atoms with Gasteiger partial charge in [-0.05, 0) is 24.8 Å². The zero-order chi connectivity index (χ0) is 15.4. The van der Waals surface area contributed by atoms with E-state index in [1.54, 1.807) is 17.3 Å². The molecule has 6 nitrogen and oxygen atoms in total. The van der Waals surface area contributed by atoms with Crippen molar-refractivity contribution in [1.82, 2.24) is 20.0 Å². The number of piperazine rings is 1. The fourth-order valence-corrected chi connectivity index (χ4v) is 2.70. The Bertz CT molecular complexity index is 484. The average Bonchev–Trinajstić information content (AvgIpc) is 2.94. The third kappa shape index (κ3) is 3.83. The number of H-pyrrole nitrogens is 1. The van der Waals surface area contributed by atoms with Gasteiger partial charge in [0.25, 0.3) is 0 Å². The first-order valence-electron chi connectivity index (χ1n) is 7.55. The number of aryl methyl sites for hydroxylation is 1. The smallest absolute Gasteiger partial charge is 0.245 e. The first-order chi connectivity index (χ1) is 9.99. The predicted octanol–water partition coefficient (Wildman–Crippen LogP) is 1.06. The molecule has 1 N–H and O–H groups in total. The number of carbonyl (C=O) groups excluding carboxylic acids is 2. The number of nitrogens with one attached hydrogen (secondary N) is 1. The van der Waals surface area contributed by atoms with Crippen molar-refractivity contribution >= 4 is 11.8 Å². The molecule has 21 heavy (non-hydrogen) atoms. The second-order valence-corrected chi connectivity index (χ2v) is 6.05. The van der Waals surface area contributed by atoms with Crippen LogP contribution in [0.15, 0.2) is 12.4 Å². The van der Waals surface area contributed by atoms with Gasteiger partial charge in [0.2, 0.25) is 11.8 Å². The van der Waals surface area contributed by atoms with Gasteiger partial charge in [0.15, 0.2) is 0 Å². The number of nitrogens with zero attached hydrogens (tertiary/aromatic N) is 3. The lowest BCUT2D eigenvalue weighted by molar-refractivity contribution is -0.151. The summed E-state index contributed by atoms with van der Waals surface area (Å²) in [6.45, 7) is 8.05. The Balaban J connectivity index is 1.89. The van der Waals surface area contributed by atoms with Crippen LogP contribution in [0.3, 0.4) is 0 Å². The van der Waals surface area contributed by atoms with E-state index in [9.17, 15) is 9.59 Å². The lowest BCUT2D eigenvalue weighted by Crippen LogP contribution is -2.58. The van der Waals surface area contributed by atoms with Crippen molar-refractivity contribution in [3.8, 4) is 0 Å². The molecule has 0 radical (unpaired) electrons. The molecule has 1 aromatic rings. The van der Waals surface area contributed by atoms with Crippen LogP contribution in [0.1, 0.15) is 32.8 Å². The minimum Gasteiger partial charge on any atom is -0.339 e. The Morgan fingerprint density at radius 2 is 2.24 bits per heavy atom. The van der Waals surface area contributed by atoms with Crippen LogP contribution in [-0.4, -0.2) is 57.5 Å². The SMILES string of the molecule is CC(C)CN1CCN(C(=O)CCc2cn[nH]c2)[C@H](C)C1=O. The Kier molecular flexibility index (Phi) is 4.98. The van der Waals surface area contributed by atoms with E-state index in [1.165, 1.54) is 0 Å². The Morgan fingerprint density at radius 3 is 2.86 bits per heavy atom. The van der Waals surface area contributed by atoms with Crippen LogP contribution in [0.25, 0.3) is 0 Å². The highest BCUT2D eigenvalue weighted by atomic mass is 16.2. The topological polar surface area (TPSA) is 69.3 Å². The van der Waals surface area contributed by atoms with Crippen LogP contribution in [0.4, 0.5) is 0 Å². The summed E-state index contributed by atoms with van der Waals surface area (Å²) in [7, 11) is 0. The Morgan fingerprint density at radius 1 is 1.48 bits per heavy atom. The Hall–Kier alpha value is -1.85. The molecule has 1 aromatic heterocycles. The third-order valence-electron chi connectivity index (χ3n) is 3.84. The molecule has 0 unspecified atom stereocenters. The highest BCUT2D eigenvalue weighted by Gasteiger charge is 2.33. The first-order valence-corrected chi connectivity index (χ1v) is 7.55. The molecule has 0 aliphatic carbocycles. The van der Waals surface area contributed by atoms with E-state index in [0.717, 1.165) is 12.1 Å². The van der Waals surface area contributed by atoms with Crippen LogP contribution in [0.5, 0.6) is 0 Å². The van der Waals surface area contributed by atoms with Crippen molar-refractivity contribution in [1.29, 1.82) is 0 Å². The van der Waals surface area contributed by atoms with E-state index in [4.69, 9.17) is 0 Å². The monoisotopic (exact) mass is 292 g/mol. The molecule has 0 spiro atoms.